The Morgan fingerprint density at radius 3 is 2.15 bits per heavy atom. The number of carbonyl (C=O) groups is 3. The first kappa shape index (κ1) is 34.9. The molecule has 1 amide bonds. The molecular formula is C33H51NO6S. The molecule has 1 unspecified atom stereocenters. The average Bonchev–Trinajstić information content (AvgIpc) is 2.94. The predicted octanol–water partition coefficient (Wildman–Crippen LogP) is 6.77. The van der Waals surface area contributed by atoms with E-state index < -0.39 is 30.0 Å². The summed E-state index contributed by atoms with van der Waals surface area (Å²) in [4.78, 5) is 35.9. The minimum absolute atomic E-state index is 0.00410. The number of carbonyl (C=O) groups excluding carboxylic acids is 1. The van der Waals surface area contributed by atoms with E-state index in [0.717, 1.165) is 24.0 Å². The molecule has 1 aliphatic rings. The first-order valence-corrected chi connectivity index (χ1v) is 16.6. The second-order valence-electron chi connectivity index (χ2n) is 11.4. The van der Waals surface area contributed by atoms with Crippen LogP contribution in [0.25, 0.3) is 0 Å². The molecule has 4 N–H and O–H groups in total. The van der Waals surface area contributed by atoms with Gasteiger partial charge in [-0.1, -0.05) is 113 Å². The van der Waals surface area contributed by atoms with E-state index in [1.807, 2.05) is 30.3 Å². The van der Waals surface area contributed by atoms with Gasteiger partial charge in [0.05, 0.1) is 23.5 Å². The van der Waals surface area contributed by atoms with Crippen molar-refractivity contribution in [2.24, 2.45) is 5.92 Å². The largest absolute Gasteiger partial charge is 0.481 e. The van der Waals surface area contributed by atoms with E-state index in [9.17, 15) is 29.7 Å². The van der Waals surface area contributed by atoms with Gasteiger partial charge in [-0.05, 0) is 37.2 Å². The summed E-state index contributed by atoms with van der Waals surface area (Å²) in [5, 5.41) is 32.2. The van der Waals surface area contributed by atoms with Crippen LogP contribution in [0, 0.1) is 5.92 Å². The third-order valence-electron chi connectivity index (χ3n) is 7.92. The molecule has 0 bridgehead atoms. The van der Waals surface area contributed by atoms with Crippen molar-refractivity contribution in [1.29, 1.82) is 0 Å². The maximum atomic E-state index is 12.7. The molecular weight excluding hydrogens is 538 g/mol. The van der Waals surface area contributed by atoms with Crippen molar-refractivity contribution < 1.29 is 29.7 Å². The summed E-state index contributed by atoms with van der Waals surface area (Å²) in [6.45, 7) is 2.24. The average molecular weight is 590 g/mol. The van der Waals surface area contributed by atoms with Gasteiger partial charge >= 0.3 is 11.9 Å². The number of benzene rings is 1. The van der Waals surface area contributed by atoms with Crippen molar-refractivity contribution in [1.82, 2.24) is 5.32 Å². The summed E-state index contributed by atoms with van der Waals surface area (Å²) in [6.07, 6.45) is 17.7. The van der Waals surface area contributed by atoms with E-state index in [1.165, 1.54) is 76.0 Å². The minimum Gasteiger partial charge on any atom is -0.481 e. The highest BCUT2D eigenvalue weighted by atomic mass is 32.2. The van der Waals surface area contributed by atoms with Crippen LogP contribution in [0.3, 0.4) is 0 Å². The van der Waals surface area contributed by atoms with Crippen LogP contribution in [0.15, 0.2) is 42.0 Å². The summed E-state index contributed by atoms with van der Waals surface area (Å²) in [7, 11) is 0. The van der Waals surface area contributed by atoms with Gasteiger partial charge in [-0.15, -0.1) is 11.8 Å². The molecule has 0 aromatic heterocycles. The van der Waals surface area contributed by atoms with Crippen molar-refractivity contribution in [3.8, 4) is 0 Å². The van der Waals surface area contributed by atoms with Gasteiger partial charge in [-0.3, -0.25) is 9.59 Å². The zero-order chi connectivity index (χ0) is 29.9. The van der Waals surface area contributed by atoms with Crippen molar-refractivity contribution in [3.63, 3.8) is 0 Å². The number of rotatable bonds is 21. The van der Waals surface area contributed by atoms with Gasteiger partial charge in [0.15, 0.2) is 0 Å². The van der Waals surface area contributed by atoms with Gasteiger partial charge in [-0.2, -0.15) is 0 Å². The third-order valence-corrected chi connectivity index (χ3v) is 9.29. The fourth-order valence-corrected chi connectivity index (χ4v) is 6.81. The van der Waals surface area contributed by atoms with Crippen LogP contribution in [-0.2, 0) is 20.8 Å². The fraction of sp³-hybridized carbons (Fsp3) is 0.667. The maximum absolute atomic E-state index is 12.7. The molecule has 41 heavy (non-hydrogen) atoms. The molecule has 1 aliphatic carbocycles. The van der Waals surface area contributed by atoms with Crippen LogP contribution >= 0.6 is 11.8 Å². The molecule has 8 heteroatoms. The molecule has 1 fully saturated rings. The Morgan fingerprint density at radius 1 is 0.951 bits per heavy atom. The van der Waals surface area contributed by atoms with Gasteiger partial charge in [-0.25, -0.2) is 4.79 Å². The standard InChI is InChI=1S/C33H51NO6S/c1-2-3-4-5-6-7-8-9-10-11-12-16-19-26-20-21-27(23-30(36)37)31(38)32(26)41-24-29(35)34-28(33(39)40)22-25-17-14-13-15-18-25/h13-15,17-19,27-28,31-32,38H,2-12,16,20-24H2,1H3,(H,34,35)(H,36,37)(H,39,40)/t27-,28?,31-,32-/m0/s1. The number of carboxylic acid groups (broad SMARTS) is 2. The van der Waals surface area contributed by atoms with Crippen LogP contribution < -0.4 is 5.32 Å². The summed E-state index contributed by atoms with van der Waals surface area (Å²) in [5.74, 6) is -2.81. The number of amides is 1. The van der Waals surface area contributed by atoms with Gasteiger partial charge in [0.1, 0.15) is 6.04 Å². The van der Waals surface area contributed by atoms with Gasteiger partial charge < -0.3 is 20.6 Å². The zero-order valence-electron chi connectivity index (χ0n) is 24.8. The number of aliphatic hydroxyl groups excluding tert-OH is 1. The summed E-state index contributed by atoms with van der Waals surface area (Å²) >= 11 is 1.28. The molecule has 230 valence electrons. The number of unbranched alkanes of at least 4 members (excludes halogenated alkanes) is 11. The Balaban J connectivity index is 1.84. The predicted molar refractivity (Wildman–Crippen MR) is 166 cm³/mol. The number of carboxylic acids is 2. The highest BCUT2D eigenvalue weighted by molar-refractivity contribution is 8.00. The molecule has 1 saturated carbocycles. The lowest BCUT2D eigenvalue weighted by Crippen LogP contribution is -2.44. The minimum atomic E-state index is -1.10. The van der Waals surface area contributed by atoms with Crippen molar-refractivity contribution in [2.45, 2.75) is 127 Å². The number of thioether (sulfide) groups is 1. The van der Waals surface area contributed by atoms with E-state index in [4.69, 9.17) is 0 Å². The Labute approximate surface area is 250 Å². The molecule has 1 aromatic rings. The smallest absolute Gasteiger partial charge is 0.326 e. The van der Waals surface area contributed by atoms with Crippen LogP contribution in [0.1, 0.15) is 109 Å². The zero-order valence-corrected chi connectivity index (χ0v) is 25.6. The quantitative estimate of drug-likeness (QED) is 0.0921. The van der Waals surface area contributed by atoms with Crippen LogP contribution in [-0.4, -0.2) is 56.3 Å². The molecule has 7 nitrogen and oxygen atoms in total. The van der Waals surface area contributed by atoms with Crippen LogP contribution in [0.2, 0.25) is 0 Å². The lowest BCUT2D eigenvalue weighted by Gasteiger charge is -2.36. The lowest BCUT2D eigenvalue weighted by molar-refractivity contribution is -0.141. The molecule has 0 aliphatic heterocycles. The fourth-order valence-electron chi connectivity index (χ4n) is 5.55. The number of aliphatic carboxylic acids is 2. The third kappa shape index (κ3) is 14.4. The van der Waals surface area contributed by atoms with Gasteiger partial charge in [0, 0.05) is 6.42 Å². The molecule has 4 atom stereocenters. The van der Waals surface area contributed by atoms with E-state index in [2.05, 4.69) is 18.3 Å². The number of hydrogen-bond acceptors (Lipinski definition) is 5. The maximum Gasteiger partial charge on any atom is 0.326 e. The van der Waals surface area contributed by atoms with Crippen LogP contribution in [0.5, 0.6) is 0 Å². The molecule has 0 saturated heterocycles. The molecule has 0 spiro atoms. The number of allylic oxidation sites excluding steroid dienone is 1. The first-order chi connectivity index (χ1) is 19.8. The lowest BCUT2D eigenvalue weighted by atomic mass is 9.80. The van der Waals surface area contributed by atoms with Gasteiger partial charge in [0.2, 0.25) is 5.91 Å². The summed E-state index contributed by atoms with van der Waals surface area (Å²) in [6, 6.07) is 8.11. The highest BCUT2D eigenvalue weighted by Crippen LogP contribution is 2.38. The number of nitrogens with one attached hydrogen (secondary N) is 1. The van der Waals surface area contributed by atoms with Crippen molar-refractivity contribution in [2.75, 3.05) is 5.75 Å². The molecule has 0 heterocycles. The molecule has 0 radical (unpaired) electrons. The SMILES string of the molecule is CCCCCCCCCCCCCC=C1CC[C@@H](CC(=O)O)[C@H](O)[C@H]1SCC(=O)NC(Cc1ccccc1)C(=O)O. The second kappa shape index (κ2) is 20.5. The number of aliphatic hydroxyl groups is 1. The Bertz CT molecular complexity index is 937. The highest BCUT2D eigenvalue weighted by Gasteiger charge is 2.36. The summed E-state index contributed by atoms with van der Waals surface area (Å²) < 4.78 is 0. The second-order valence-corrected chi connectivity index (χ2v) is 12.5. The molecule has 1 aromatic carbocycles. The van der Waals surface area contributed by atoms with Crippen molar-refractivity contribution >= 4 is 29.6 Å². The Kier molecular flexibility index (Phi) is 17.5. The monoisotopic (exact) mass is 589 g/mol. The number of hydrogen-bond donors (Lipinski definition) is 4. The van der Waals surface area contributed by atoms with E-state index in [1.54, 1.807) is 0 Å². The molecule has 2 rings (SSSR count). The van der Waals surface area contributed by atoms with E-state index in [-0.39, 0.29) is 29.8 Å². The van der Waals surface area contributed by atoms with Crippen LogP contribution in [0.4, 0.5) is 0 Å². The Morgan fingerprint density at radius 2 is 1.56 bits per heavy atom. The van der Waals surface area contributed by atoms with Gasteiger partial charge in [0.25, 0.3) is 0 Å². The first-order valence-electron chi connectivity index (χ1n) is 15.6. The normalized spacial score (nSPS) is 20.5. The topological polar surface area (TPSA) is 124 Å². The summed E-state index contributed by atoms with van der Waals surface area (Å²) in [5.41, 5.74) is 1.89. The van der Waals surface area contributed by atoms with E-state index in [0.29, 0.717) is 12.8 Å². The Hall–Kier alpha value is -2.32. The van der Waals surface area contributed by atoms with Crippen molar-refractivity contribution in [3.05, 3.63) is 47.5 Å². The van der Waals surface area contributed by atoms with E-state index >= 15 is 0 Å².